The van der Waals surface area contributed by atoms with Crippen LogP contribution in [0.1, 0.15) is 12.5 Å². The van der Waals surface area contributed by atoms with Crippen molar-refractivity contribution in [2.24, 2.45) is 4.99 Å². The van der Waals surface area contributed by atoms with Gasteiger partial charge in [-0.1, -0.05) is 0 Å². The first-order valence-corrected chi connectivity index (χ1v) is 7.24. The van der Waals surface area contributed by atoms with Gasteiger partial charge in [-0.15, -0.1) is 0 Å². The molecule has 23 heavy (non-hydrogen) atoms. The van der Waals surface area contributed by atoms with Crippen molar-refractivity contribution >= 4 is 23.5 Å². The third-order valence-corrected chi connectivity index (χ3v) is 3.63. The fraction of sp³-hybridized carbons (Fsp3) is 0.400. The molecule has 0 radical (unpaired) electrons. The van der Waals surface area contributed by atoms with Crippen LogP contribution in [-0.2, 0) is 20.9 Å². The number of aliphatic hydroxyl groups excluding tert-OH is 1. The molecule has 3 rings (SSSR count). The van der Waals surface area contributed by atoms with Crippen LogP contribution < -0.4 is 10.1 Å². The average Bonchev–Trinajstić information content (AvgIpc) is 2.83. The second-order valence-corrected chi connectivity index (χ2v) is 5.23. The van der Waals surface area contributed by atoms with Gasteiger partial charge in [0, 0.05) is 19.0 Å². The SMILES string of the molecule is CC(=O)OCCOc1ccc2c(c1)CN1C(=N2)NC(=O)C1CO. The number of amides is 1. The summed E-state index contributed by atoms with van der Waals surface area (Å²) >= 11 is 0. The number of carbonyl (C=O) groups is 2. The van der Waals surface area contributed by atoms with Crippen LogP contribution in [0.4, 0.5) is 5.69 Å². The maximum Gasteiger partial charge on any atom is 0.302 e. The Hall–Kier alpha value is -2.61. The lowest BCUT2D eigenvalue weighted by atomic mass is 10.1. The number of hydrogen-bond acceptors (Lipinski definition) is 7. The molecule has 1 aromatic rings. The van der Waals surface area contributed by atoms with E-state index in [0.717, 1.165) is 11.3 Å². The van der Waals surface area contributed by atoms with Gasteiger partial charge in [0.15, 0.2) is 0 Å². The van der Waals surface area contributed by atoms with Gasteiger partial charge in [-0.3, -0.25) is 14.9 Å². The number of hydrogen-bond donors (Lipinski definition) is 2. The fourth-order valence-corrected chi connectivity index (χ4v) is 2.54. The van der Waals surface area contributed by atoms with Crippen LogP contribution >= 0.6 is 0 Å². The molecule has 2 aliphatic heterocycles. The van der Waals surface area contributed by atoms with E-state index in [-0.39, 0.29) is 31.7 Å². The molecule has 122 valence electrons. The van der Waals surface area contributed by atoms with Crippen molar-refractivity contribution in [3.8, 4) is 5.75 Å². The third kappa shape index (κ3) is 3.11. The minimum Gasteiger partial charge on any atom is -0.490 e. The number of guanidine groups is 1. The maximum absolute atomic E-state index is 11.8. The van der Waals surface area contributed by atoms with Crippen molar-refractivity contribution in [3.05, 3.63) is 23.8 Å². The molecule has 0 aliphatic carbocycles. The zero-order valence-electron chi connectivity index (χ0n) is 12.6. The van der Waals surface area contributed by atoms with E-state index in [1.54, 1.807) is 17.0 Å². The predicted molar refractivity (Wildman–Crippen MR) is 80.2 cm³/mol. The Morgan fingerprint density at radius 2 is 2.30 bits per heavy atom. The number of aliphatic imine (C=N–C) groups is 1. The van der Waals surface area contributed by atoms with Crippen LogP contribution in [-0.4, -0.2) is 53.7 Å². The highest BCUT2D eigenvalue weighted by molar-refractivity contribution is 6.07. The molecule has 0 saturated carbocycles. The topological polar surface area (TPSA) is 100 Å². The summed E-state index contributed by atoms with van der Waals surface area (Å²) in [6.45, 7) is 1.98. The Labute approximate surface area is 132 Å². The zero-order chi connectivity index (χ0) is 16.4. The minimum atomic E-state index is -0.615. The van der Waals surface area contributed by atoms with Crippen molar-refractivity contribution in [3.63, 3.8) is 0 Å². The van der Waals surface area contributed by atoms with Crippen LogP contribution in [0.5, 0.6) is 5.75 Å². The molecule has 0 spiro atoms. The van der Waals surface area contributed by atoms with Gasteiger partial charge in [0.25, 0.3) is 5.91 Å². The Morgan fingerprint density at radius 3 is 3.04 bits per heavy atom. The Bertz CT molecular complexity index is 673. The van der Waals surface area contributed by atoms with E-state index in [9.17, 15) is 14.7 Å². The van der Waals surface area contributed by atoms with Gasteiger partial charge in [-0.2, -0.15) is 0 Å². The van der Waals surface area contributed by atoms with E-state index < -0.39 is 6.04 Å². The number of carbonyl (C=O) groups excluding carboxylic acids is 2. The fourth-order valence-electron chi connectivity index (χ4n) is 2.54. The monoisotopic (exact) mass is 319 g/mol. The summed E-state index contributed by atoms with van der Waals surface area (Å²) in [5.41, 5.74) is 1.65. The average molecular weight is 319 g/mol. The summed E-state index contributed by atoms with van der Waals surface area (Å²) in [7, 11) is 0. The number of ether oxygens (including phenoxy) is 2. The molecule has 1 saturated heterocycles. The van der Waals surface area contributed by atoms with Crippen LogP contribution in [0.25, 0.3) is 0 Å². The lowest BCUT2D eigenvalue weighted by Gasteiger charge is -2.27. The Kier molecular flexibility index (Phi) is 4.16. The van der Waals surface area contributed by atoms with Crippen LogP contribution in [0.15, 0.2) is 23.2 Å². The highest BCUT2D eigenvalue weighted by Gasteiger charge is 2.38. The van der Waals surface area contributed by atoms with Gasteiger partial charge in [0.1, 0.15) is 25.0 Å². The van der Waals surface area contributed by atoms with Gasteiger partial charge >= 0.3 is 5.97 Å². The van der Waals surface area contributed by atoms with E-state index >= 15 is 0 Å². The van der Waals surface area contributed by atoms with Crippen molar-refractivity contribution in [1.82, 2.24) is 10.2 Å². The first-order valence-electron chi connectivity index (χ1n) is 7.24. The van der Waals surface area contributed by atoms with Crippen LogP contribution in [0, 0.1) is 0 Å². The van der Waals surface area contributed by atoms with Gasteiger partial charge < -0.3 is 19.5 Å². The van der Waals surface area contributed by atoms with E-state index in [0.29, 0.717) is 18.3 Å². The lowest BCUT2D eigenvalue weighted by molar-refractivity contribution is -0.141. The summed E-state index contributed by atoms with van der Waals surface area (Å²) in [5, 5.41) is 12.0. The summed E-state index contributed by atoms with van der Waals surface area (Å²) < 4.78 is 10.3. The number of benzene rings is 1. The number of esters is 1. The van der Waals surface area contributed by atoms with Crippen molar-refractivity contribution < 1.29 is 24.2 Å². The molecular weight excluding hydrogens is 302 g/mol. The number of nitrogens with one attached hydrogen (secondary N) is 1. The second kappa shape index (κ2) is 6.25. The van der Waals surface area contributed by atoms with Crippen molar-refractivity contribution in [2.75, 3.05) is 19.8 Å². The molecule has 2 heterocycles. The lowest BCUT2D eigenvalue weighted by Crippen LogP contribution is -2.39. The number of fused-ring (bicyclic) bond motifs is 2. The molecule has 8 nitrogen and oxygen atoms in total. The normalized spacial score (nSPS) is 18.7. The molecule has 2 aliphatic rings. The van der Waals surface area contributed by atoms with Crippen LogP contribution in [0.3, 0.4) is 0 Å². The smallest absolute Gasteiger partial charge is 0.302 e. The number of rotatable bonds is 5. The molecule has 1 fully saturated rings. The van der Waals surface area contributed by atoms with E-state index in [1.807, 2.05) is 6.07 Å². The maximum atomic E-state index is 11.8. The third-order valence-electron chi connectivity index (χ3n) is 3.63. The zero-order valence-corrected chi connectivity index (χ0v) is 12.6. The standard InChI is InChI=1S/C15H17N3O5/c1-9(20)22-4-5-23-11-2-3-12-10(6-11)7-18-13(8-19)14(21)17-15(18)16-12/h2-3,6,13,19H,4-5,7-8H2,1H3,(H,16,17,21). The summed E-state index contributed by atoms with van der Waals surface area (Å²) in [6.07, 6.45) is 0. The van der Waals surface area contributed by atoms with Gasteiger partial charge in [0.2, 0.25) is 5.96 Å². The molecule has 1 amide bonds. The summed E-state index contributed by atoms with van der Waals surface area (Å²) in [4.78, 5) is 28.6. The predicted octanol–water partition coefficient (Wildman–Crippen LogP) is -0.0777. The Morgan fingerprint density at radius 1 is 1.48 bits per heavy atom. The van der Waals surface area contributed by atoms with Crippen molar-refractivity contribution in [2.45, 2.75) is 19.5 Å². The Balaban J connectivity index is 1.70. The van der Waals surface area contributed by atoms with Crippen LogP contribution in [0.2, 0.25) is 0 Å². The summed E-state index contributed by atoms with van der Waals surface area (Å²) in [5.74, 6) is 0.498. The first kappa shape index (κ1) is 15.3. The summed E-state index contributed by atoms with van der Waals surface area (Å²) in [6, 6.07) is 4.79. The molecule has 0 aromatic heterocycles. The molecule has 0 bridgehead atoms. The number of aliphatic hydroxyl groups is 1. The van der Waals surface area contributed by atoms with E-state index in [1.165, 1.54) is 6.92 Å². The number of nitrogens with zero attached hydrogens (tertiary/aromatic N) is 2. The molecular formula is C15H17N3O5. The quantitative estimate of drug-likeness (QED) is 0.582. The van der Waals surface area contributed by atoms with Gasteiger partial charge in [0.05, 0.1) is 12.3 Å². The second-order valence-electron chi connectivity index (χ2n) is 5.23. The highest BCUT2D eigenvalue weighted by Crippen LogP contribution is 2.31. The first-order chi connectivity index (χ1) is 11.1. The highest BCUT2D eigenvalue weighted by atomic mass is 16.6. The van der Waals surface area contributed by atoms with Gasteiger partial charge in [-0.05, 0) is 18.2 Å². The molecule has 1 unspecified atom stereocenters. The minimum absolute atomic E-state index is 0.186. The molecule has 1 aromatic carbocycles. The van der Waals surface area contributed by atoms with Crippen molar-refractivity contribution in [1.29, 1.82) is 0 Å². The molecule has 2 N–H and O–H groups in total. The molecule has 1 atom stereocenters. The van der Waals surface area contributed by atoms with E-state index in [2.05, 4.69) is 10.3 Å². The largest absolute Gasteiger partial charge is 0.490 e. The molecule has 8 heteroatoms. The van der Waals surface area contributed by atoms with Gasteiger partial charge in [-0.25, -0.2) is 4.99 Å². The van der Waals surface area contributed by atoms with E-state index in [4.69, 9.17) is 9.47 Å².